The molecule has 0 unspecified atom stereocenters. The third-order valence-electron chi connectivity index (χ3n) is 12.1. The highest BCUT2D eigenvalue weighted by molar-refractivity contribution is 6.99. The van der Waals surface area contributed by atoms with Crippen molar-refractivity contribution < 1.29 is 33.8 Å². The maximum atomic E-state index is 14.2. The number of carboxylic acids is 1. The van der Waals surface area contributed by atoms with Gasteiger partial charge in [0.2, 0.25) is 11.8 Å². The molecule has 2 saturated heterocycles. The van der Waals surface area contributed by atoms with Gasteiger partial charge in [0, 0.05) is 25.1 Å². The van der Waals surface area contributed by atoms with Gasteiger partial charge in [-0.15, -0.1) is 0 Å². The Kier molecular flexibility index (Phi) is 12.6. The molecule has 2 fully saturated rings. The zero-order valence-electron chi connectivity index (χ0n) is 33.7. The number of aromatic hydroxyl groups is 1. The SMILES string of the molecule is CC(C)(C)[Si](OCC1=C2[C@@H](CC/C(=C/c3cccc(O)c3)c3ccccn3)OC[C@@H]2[C@@H]2C(=O)N(CCCCCC(=O)O)C(=O)[C@@H]2C1)(c1ccccc1)c1ccccc1. The topological polar surface area (TPSA) is 126 Å². The number of aromatic nitrogens is 1. The van der Waals surface area contributed by atoms with Gasteiger partial charge in [0.1, 0.15) is 5.75 Å². The van der Waals surface area contributed by atoms with Gasteiger partial charge in [0.15, 0.2) is 0 Å². The van der Waals surface area contributed by atoms with Crippen molar-refractivity contribution in [3.63, 3.8) is 0 Å². The fourth-order valence-corrected chi connectivity index (χ4v) is 14.0. The zero-order valence-corrected chi connectivity index (χ0v) is 34.7. The van der Waals surface area contributed by atoms with Gasteiger partial charge in [0.05, 0.1) is 36.8 Å². The van der Waals surface area contributed by atoms with E-state index in [0.717, 1.165) is 28.0 Å². The van der Waals surface area contributed by atoms with E-state index in [2.05, 4.69) is 80.4 Å². The molecule has 9 nitrogen and oxygen atoms in total. The van der Waals surface area contributed by atoms with E-state index in [9.17, 15) is 19.5 Å². The summed E-state index contributed by atoms with van der Waals surface area (Å²) in [7, 11) is -2.96. The maximum absolute atomic E-state index is 14.2. The van der Waals surface area contributed by atoms with E-state index in [-0.39, 0.29) is 47.6 Å². The van der Waals surface area contributed by atoms with Gasteiger partial charge < -0.3 is 19.4 Å². The monoisotopic (exact) mass is 798 g/mol. The number of hydrogen-bond acceptors (Lipinski definition) is 7. The minimum Gasteiger partial charge on any atom is -0.508 e. The number of pyridine rings is 1. The number of carbonyl (C=O) groups excluding carboxylic acids is 2. The van der Waals surface area contributed by atoms with Crippen molar-refractivity contribution in [2.24, 2.45) is 17.8 Å². The molecule has 10 heteroatoms. The van der Waals surface area contributed by atoms with Crippen molar-refractivity contribution in [2.45, 2.75) is 76.9 Å². The van der Waals surface area contributed by atoms with Crippen molar-refractivity contribution in [1.29, 1.82) is 0 Å². The quantitative estimate of drug-likeness (QED) is 0.0513. The van der Waals surface area contributed by atoms with E-state index < -0.39 is 26.1 Å². The maximum Gasteiger partial charge on any atom is 0.303 e. The molecule has 4 atom stereocenters. The largest absolute Gasteiger partial charge is 0.508 e. The average molecular weight is 799 g/mol. The Morgan fingerprint density at radius 1 is 0.879 bits per heavy atom. The van der Waals surface area contributed by atoms with E-state index >= 15 is 0 Å². The number of carbonyl (C=O) groups is 3. The summed E-state index contributed by atoms with van der Waals surface area (Å²) < 4.78 is 14.2. The molecule has 0 radical (unpaired) electrons. The number of carboxylic acid groups (broad SMARTS) is 1. The Hall–Kier alpha value is -5.16. The molecule has 3 aliphatic rings. The number of amides is 2. The Morgan fingerprint density at radius 3 is 2.22 bits per heavy atom. The second kappa shape index (κ2) is 17.8. The molecule has 302 valence electrons. The summed E-state index contributed by atoms with van der Waals surface area (Å²) in [5, 5.41) is 21.4. The first-order valence-corrected chi connectivity index (χ1v) is 22.4. The number of likely N-dealkylation sites (tertiary alicyclic amines) is 1. The van der Waals surface area contributed by atoms with Gasteiger partial charge >= 0.3 is 5.97 Å². The number of aliphatic carboxylic acids is 1. The molecule has 2 amide bonds. The number of rotatable bonds is 16. The number of ether oxygens (including phenoxy) is 1. The van der Waals surface area contributed by atoms with Crippen LogP contribution in [0.15, 0.2) is 120 Å². The number of allylic oxidation sites excluding steroid dienone is 1. The molecule has 3 heterocycles. The van der Waals surface area contributed by atoms with Crippen molar-refractivity contribution in [3.05, 3.63) is 132 Å². The molecule has 2 aliphatic heterocycles. The van der Waals surface area contributed by atoms with E-state index in [1.807, 2.05) is 42.5 Å². The second-order valence-electron chi connectivity index (χ2n) is 16.8. The molecule has 3 aromatic carbocycles. The number of hydrogen-bond donors (Lipinski definition) is 2. The van der Waals surface area contributed by atoms with Gasteiger partial charge in [-0.1, -0.05) is 106 Å². The van der Waals surface area contributed by atoms with Crippen LogP contribution in [0.3, 0.4) is 0 Å². The number of fused-ring (bicyclic) bond motifs is 3. The highest BCUT2D eigenvalue weighted by atomic mass is 28.4. The van der Waals surface area contributed by atoms with E-state index in [4.69, 9.17) is 14.3 Å². The van der Waals surface area contributed by atoms with Crippen LogP contribution in [0.2, 0.25) is 5.04 Å². The number of phenols is 1. The predicted octanol–water partition coefficient (Wildman–Crippen LogP) is 7.65. The van der Waals surface area contributed by atoms with Crippen molar-refractivity contribution in [1.82, 2.24) is 9.88 Å². The molecular weight excluding hydrogens is 745 g/mol. The summed E-state index contributed by atoms with van der Waals surface area (Å²) in [6.07, 6.45) is 6.98. The van der Waals surface area contributed by atoms with Crippen LogP contribution in [0, 0.1) is 17.8 Å². The lowest BCUT2D eigenvalue weighted by Crippen LogP contribution is -2.66. The van der Waals surface area contributed by atoms with Crippen LogP contribution in [0.25, 0.3) is 11.6 Å². The standard InChI is InChI=1S/C48H54N2O7Si/c1-48(2,3)58(37-18-7-4-8-19-37,38-20-9-5-10-21-38)57-31-35-30-39-45(47(55)50(46(39)54)27-14-6-11-23-43(52)53)40-32-56-42(44(35)40)25-24-34(41-22-12-13-26-49-41)28-33-16-15-17-36(51)29-33/h4-5,7-10,12-13,15-22,26,28-29,39-40,42,45,51H,6,11,14,23-25,27,30-32H2,1-3H3,(H,52,53)/b34-28-/t39-,40+,42-,45-/m1/s1. The molecule has 4 aromatic rings. The Balaban J connectivity index is 1.24. The Morgan fingerprint density at radius 2 is 1.59 bits per heavy atom. The number of nitrogens with zero attached hydrogens (tertiary/aromatic N) is 2. The zero-order chi connectivity index (χ0) is 40.9. The average Bonchev–Trinajstić information content (AvgIpc) is 3.74. The molecule has 0 saturated carbocycles. The first-order chi connectivity index (χ1) is 28.0. The minimum atomic E-state index is -2.96. The number of imide groups is 1. The number of unbranched alkanes of at least 4 members (excludes halogenated alkanes) is 2. The molecule has 7 rings (SSSR count). The Bertz CT molecular complexity index is 2110. The third-order valence-corrected chi connectivity index (χ3v) is 17.1. The first-order valence-electron chi connectivity index (χ1n) is 20.5. The summed E-state index contributed by atoms with van der Waals surface area (Å²) in [5.41, 5.74) is 4.83. The molecular formula is C48H54N2O7Si. The molecule has 1 aliphatic carbocycles. The van der Waals surface area contributed by atoms with Crippen LogP contribution in [-0.2, 0) is 23.5 Å². The second-order valence-corrected chi connectivity index (χ2v) is 21.1. The minimum absolute atomic E-state index is 0.0704. The van der Waals surface area contributed by atoms with Crippen LogP contribution in [0.4, 0.5) is 0 Å². The summed E-state index contributed by atoms with van der Waals surface area (Å²) in [4.78, 5) is 45.6. The van der Waals surface area contributed by atoms with Gasteiger partial charge in [-0.2, -0.15) is 0 Å². The summed E-state index contributed by atoms with van der Waals surface area (Å²) >= 11 is 0. The van der Waals surface area contributed by atoms with Gasteiger partial charge in [-0.05, 0) is 100 Å². The lowest BCUT2D eigenvalue weighted by molar-refractivity contribution is -0.141. The Labute approximate surface area is 342 Å². The highest BCUT2D eigenvalue weighted by Gasteiger charge is 2.57. The van der Waals surface area contributed by atoms with Gasteiger partial charge in [-0.25, -0.2) is 0 Å². The predicted molar refractivity (Wildman–Crippen MR) is 228 cm³/mol. The van der Waals surface area contributed by atoms with Crippen LogP contribution < -0.4 is 10.4 Å². The third kappa shape index (κ3) is 8.51. The molecule has 2 N–H and O–H groups in total. The molecule has 58 heavy (non-hydrogen) atoms. The molecule has 0 spiro atoms. The normalized spacial score (nSPS) is 21.0. The van der Waals surface area contributed by atoms with Gasteiger partial charge in [-0.3, -0.25) is 24.3 Å². The van der Waals surface area contributed by atoms with Gasteiger partial charge in [0.25, 0.3) is 8.32 Å². The number of phenolic OH excluding ortho intramolecular Hbond substituents is 1. The number of benzene rings is 3. The molecule has 1 aromatic heterocycles. The lowest BCUT2D eigenvalue weighted by atomic mass is 9.69. The van der Waals surface area contributed by atoms with E-state index in [0.29, 0.717) is 51.7 Å². The fraction of sp³-hybridized carbons (Fsp3) is 0.375. The summed E-state index contributed by atoms with van der Waals surface area (Å²) in [5.74, 6) is -2.23. The van der Waals surface area contributed by atoms with Crippen LogP contribution >= 0.6 is 0 Å². The summed E-state index contributed by atoms with van der Waals surface area (Å²) in [6, 6.07) is 34.0. The van der Waals surface area contributed by atoms with Crippen LogP contribution in [-0.4, -0.2) is 72.1 Å². The summed E-state index contributed by atoms with van der Waals surface area (Å²) in [6.45, 7) is 7.70. The lowest BCUT2D eigenvalue weighted by Gasteiger charge is -2.44. The van der Waals surface area contributed by atoms with E-state index in [1.54, 1.807) is 18.3 Å². The highest BCUT2D eigenvalue weighted by Crippen LogP contribution is 2.51. The molecule has 0 bridgehead atoms. The fourth-order valence-electron chi connectivity index (χ4n) is 9.50. The van der Waals surface area contributed by atoms with Crippen LogP contribution in [0.5, 0.6) is 5.75 Å². The van der Waals surface area contributed by atoms with Crippen molar-refractivity contribution in [2.75, 3.05) is 19.8 Å². The van der Waals surface area contributed by atoms with E-state index in [1.165, 1.54) is 15.3 Å². The van der Waals surface area contributed by atoms with Crippen molar-refractivity contribution >= 4 is 48.1 Å². The first kappa shape index (κ1) is 41.0. The van der Waals surface area contributed by atoms with Crippen molar-refractivity contribution in [3.8, 4) is 5.75 Å². The smallest absolute Gasteiger partial charge is 0.303 e. The van der Waals surface area contributed by atoms with Crippen LogP contribution in [0.1, 0.15) is 77.0 Å².